The molecule has 5 fully saturated rings. The molecule has 6 aliphatic rings. The van der Waals surface area contributed by atoms with E-state index < -0.39 is 0 Å². The van der Waals surface area contributed by atoms with Crippen molar-refractivity contribution in [3.63, 3.8) is 0 Å². The summed E-state index contributed by atoms with van der Waals surface area (Å²) >= 11 is 0. The van der Waals surface area contributed by atoms with Crippen LogP contribution in [0.15, 0.2) is 34.8 Å². The number of ether oxygens (including phenoxy) is 2. The number of piperidine rings is 4. The predicted octanol–water partition coefficient (Wildman–Crippen LogP) is 3.00. The van der Waals surface area contributed by atoms with E-state index >= 15 is 0 Å². The highest BCUT2D eigenvalue weighted by molar-refractivity contribution is 6.08. The number of hydrogen-bond donors (Lipinski definition) is 0. The second kappa shape index (κ2) is 5.02. The van der Waals surface area contributed by atoms with Crippen LogP contribution in [-0.2, 0) is 14.9 Å². The van der Waals surface area contributed by atoms with Gasteiger partial charge in [-0.15, -0.1) is 0 Å². The smallest absolute Gasteiger partial charge is 0.302 e. The quantitative estimate of drug-likeness (QED) is 0.598. The molecule has 1 aromatic rings. The number of rotatable bonds is 2. The normalized spacial score (nSPS) is 43.5. The van der Waals surface area contributed by atoms with Crippen LogP contribution in [-0.4, -0.2) is 48.4 Å². The Morgan fingerprint density at radius 2 is 2.26 bits per heavy atom. The van der Waals surface area contributed by atoms with Crippen molar-refractivity contribution >= 4 is 17.4 Å². The molecule has 1 aliphatic carbocycles. The van der Waals surface area contributed by atoms with Crippen LogP contribution in [0.5, 0.6) is 5.75 Å². The standard InChI is InChI=1S/C22H24N2O3/c1-4-12-10-24-17-8-14(12)19-18(24)9-22(21(19)27-11(2)25)15-6-5-13(26-3)7-16(15)23-20(17)22/h4-7,14,17-19,21H,8-10H2,1-3H3/b12-4-/t14-,17-,18-,19?,21?,22+/m0/s1. The molecule has 0 amide bonds. The highest BCUT2D eigenvalue weighted by Crippen LogP contribution is 2.66. The molecule has 1 saturated carbocycles. The second-order valence-electron chi connectivity index (χ2n) is 8.62. The molecule has 140 valence electrons. The van der Waals surface area contributed by atoms with Crippen LogP contribution in [0, 0.1) is 11.8 Å². The van der Waals surface area contributed by atoms with Crippen molar-refractivity contribution < 1.29 is 14.3 Å². The van der Waals surface area contributed by atoms with Crippen molar-refractivity contribution in [2.75, 3.05) is 13.7 Å². The molecule has 4 saturated heterocycles. The van der Waals surface area contributed by atoms with Crippen molar-refractivity contribution in [2.24, 2.45) is 16.8 Å². The van der Waals surface area contributed by atoms with Crippen molar-refractivity contribution in [3.05, 3.63) is 35.4 Å². The summed E-state index contributed by atoms with van der Waals surface area (Å²) in [6.07, 6.45) is 4.27. The van der Waals surface area contributed by atoms with Gasteiger partial charge in [0.1, 0.15) is 11.9 Å². The summed E-state index contributed by atoms with van der Waals surface area (Å²) in [6.45, 7) is 4.72. The fraction of sp³-hybridized carbons (Fsp3) is 0.545. The fourth-order valence-corrected chi connectivity index (χ4v) is 6.94. The Morgan fingerprint density at radius 1 is 1.41 bits per heavy atom. The van der Waals surface area contributed by atoms with Crippen LogP contribution < -0.4 is 4.74 Å². The number of fused-ring (bicyclic) bond motifs is 2. The maximum atomic E-state index is 12.1. The van der Waals surface area contributed by atoms with E-state index in [1.807, 2.05) is 12.1 Å². The Bertz CT molecular complexity index is 935. The van der Waals surface area contributed by atoms with Gasteiger partial charge in [0, 0.05) is 31.5 Å². The number of carbonyl (C=O) groups excluding carboxylic acids is 1. The lowest BCUT2D eigenvalue weighted by Gasteiger charge is -2.55. The van der Waals surface area contributed by atoms with E-state index in [1.165, 1.54) is 16.8 Å². The van der Waals surface area contributed by atoms with E-state index in [-0.39, 0.29) is 17.5 Å². The molecule has 5 heteroatoms. The van der Waals surface area contributed by atoms with Gasteiger partial charge in [0.05, 0.1) is 30.0 Å². The molecule has 27 heavy (non-hydrogen) atoms. The topological polar surface area (TPSA) is 51.1 Å². The Morgan fingerprint density at radius 3 is 3.00 bits per heavy atom. The summed E-state index contributed by atoms with van der Waals surface area (Å²) < 4.78 is 11.5. The van der Waals surface area contributed by atoms with Crippen LogP contribution in [0.3, 0.4) is 0 Å². The molecule has 5 aliphatic heterocycles. The number of aliphatic imine (C=N–C) groups is 1. The number of benzene rings is 1. The monoisotopic (exact) mass is 364 g/mol. The molecule has 7 atom stereocenters. The molecule has 0 N–H and O–H groups in total. The first-order chi connectivity index (χ1) is 13.1. The second-order valence-corrected chi connectivity index (χ2v) is 8.62. The highest BCUT2D eigenvalue weighted by atomic mass is 16.5. The summed E-state index contributed by atoms with van der Waals surface area (Å²) in [5.74, 6) is 1.52. The lowest BCUT2D eigenvalue weighted by molar-refractivity contribution is -0.152. The van der Waals surface area contributed by atoms with Crippen LogP contribution in [0.4, 0.5) is 5.69 Å². The van der Waals surface area contributed by atoms with Gasteiger partial charge in [-0.2, -0.15) is 0 Å². The molecule has 7 rings (SSSR count). The number of carbonyl (C=O) groups is 1. The van der Waals surface area contributed by atoms with Gasteiger partial charge in [0.15, 0.2) is 0 Å². The van der Waals surface area contributed by atoms with Crippen LogP contribution in [0.25, 0.3) is 0 Å². The molecule has 1 aromatic carbocycles. The van der Waals surface area contributed by atoms with Crippen molar-refractivity contribution in [2.45, 2.75) is 50.3 Å². The minimum atomic E-state index is -0.248. The molecular formula is C22H24N2O3. The summed E-state index contributed by atoms with van der Waals surface area (Å²) in [5.41, 5.74) is 4.72. The summed E-state index contributed by atoms with van der Waals surface area (Å²) in [6, 6.07) is 7.06. The van der Waals surface area contributed by atoms with Crippen molar-refractivity contribution in [1.29, 1.82) is 0 Å². The van der Waals surface area contributed by atoms with Crippen LogP contribution in [0.2, 0.25) is 0 Å². The maximum absolute atomic E-state index is 12.1. The largest absolute Gasteiger partial charge is 0.497 e. The number of methoxy groups -OCH3 is 1. The molecule has 0 aromatic heterocycles. The first-order valence-corrected chi connectivity index (χ1v) is 9.94. The third kappa shape index (κ3) is 1.70. The average molecular weight is 364 g/mol. The molecule has 5 heterocycles. The zero-order valence-corrected chi connectivity index (χ0v) is 15.9. The van der Waals surface area contributed by atoms with Crippen molar-refractivity contribution in [1.82, 2.24) is 4.90 Å². The molecule has 0 radical (unpaired) electrons. The lowest BCUT2D eigenvalue weighted by atomic mass is 9.66. The Hall–Kier alpha value is -2.14. The third-order valence-electron chi connectivity index (χ3n) is 7.78. The van der Waals surface area contributed by atoms with E-state index in [0.717, 1.165) is 30.8 Å². The fourth-order valence-electron chi connectivity index (χ4n) is 6.94. The highest BCUT2D eigenvalue weighted by Gasteiger charge is 2.73. The zero-order chi connectivity index (χ0) is 18.5. The minimum absolute atomic E-state index is 0.122. The van der Waals surface area contributed by atoms with Gasteiger partial charge >= 0.3 is 5.97 Å². The zero-order valence-electron chi connectivity index (χ0n) is 15.9. The third-order valence-corrected chi connectivity index (χ3v) is 7.78. The van der Waals surface area contributed by atoms with Gasteiger partial charge in [0.25, 0.3) is 0 Å². The number of allylic oxidation sites excluding steroid dienone is 1. The van der Waals surface area contributed by atoms with Gasteiger partial charge in [-0.25, -0.2) is 0 Å². The summed E-state index contributed by atoms with van der Waals surface area (Å²) in [7, 11) is 1.69. The Labute approximate surface area is 159 Å². The minimum Gasteiger partial charge on any atom is -0.497 e. The van der Waals surface area contributed by atoms with Gasteiger partial charge in [-0.05, 0) is 37.3 Å². The van der Waals surface area contributed by atoms with Crippen LogP contribution >= 0.6 is 0 Å². The van der Waals surface area contributed by atoms with E-state index in [4.69, 9.17) is 14.5 Å². The summed E-state index contributed by atoms with van der Waals surface area (Å²) in [5, 5.41) is 0. The van der Waals surface area contributed by atoms with E-state index in [2.05, 4.69) is 24.0 Å². The predicted molar refractivity (Wildman–Crippen MR) is 102 cm³/mol. The molecule has 5 nitrogen and oxygen atoms in total. The van der Waals surface area contributed by atoms with Gasteiger partial charge < -0.3 is 9.47 Å². The average Bonchev–Trinajstić information content (AvgIpc) is 3.14. The van der Waals surface area contributed by atoms with Gasteiger partial charge in [0.2, 0.25) is 0 Å². The Kier molecular flexibility index (Phi) is 2.95. The molecular weight excluding hydrogens is 340 g/mol. The van der Waals surface area contributed by atoms with Crippen LogP contribution in [0.1, 0.15) is 32.3 Å². The first kappa shape index (κ1) is 15.9. The van der Waals surface area contributed by atoms with Gasteiger partial charge in [-0.3, -0.25) is 14.7 Å². The number of esters is 1. The van der Waals surface area contributed by atoms with E-state index in [0.29, 0.717) is 23.9 Å². The first-order valence-electron chi connectivity index (χ1n) is 9.94. The molecule has 5 bridgehead atoms. The lowest BCUT2D eigenvalue weighted by Crippen LogP contribution is -2.64. The van der Waals surface area contributed by atoms with E-state index in [9.17, 15) is 4.79 Å². The van der Waals surface area contributed by atoms with Gasteiger partial charge in [-0.1, -0.05) is 17.7 Å². The number of hydrogen-bond acceptors (Lipinski definition) is 5. The summed E-state index contributed by atoms with van der Waals surface area (Å²) in [4.78, 5) is 19.9. The molecule has 1 spiro atoms. The Balaban J connectivity index is 1.59. The SMILES string of the molecule is C/C=C1/CN2[C@H]3C[C@@H]1C1C(OC(C)=O)[C@@]4(C[C@@H]12)C3=Nc1cc(OC)ccc14. The molecule has 3 unspecified atom stereocenters. The van der Waals surface area contributed by atoms with E-state index in [1.54, 1.807) is 14.0 Å². The van der Waals surface area contributed by atoms with Crippen molar-refractivity contribution in [3.8, 4) is 5.75 Å². The number of nitrogens with zero attached hydrogens (tertiary/aromatic N) is 2. The maximum Gasteiger partial charge on any atom is 0.302 e.